The topological polar surface area (TPSA) is 170 Å². The Morgan fingerprint density at radius 3 is 1.36 bits per heavy atom. The number of rotatable bonds is 11. The fourth-order valence-corrected chi connectivity index (χ4v) is 10.2. The zero-order valence-corrected chi connectivity index (χ0v) is 44.1. The van der Waals surface area contributed by atoms with Gasteiger partial charge in [0.2, 0.25) is 0 Å². The number of hydrogen-bond donors (Lipinski definition) is 1. The van der Waals surface area contributed by atoms with Gasteiger partial charge in [-0.2, -0.15) is 0 Å². The van der Waals surface area contributed by atoms with Crippen LogP contribution in [0.4, 0.5) is 28.9 Å². The molecule has 4 aliphatic rings. The van der Waals surface area contributed by atoms with Crippen LogP contribution in [0.15, 0.2) is 73.6 Å². The summed E-state index contributed by atoms with van der Waals surface area (Å²) in [5.41, 5.74) is 6.55. The molecule has 0 unspecified atom stereocenters. The number of carbonyl (C=O) groups is 1. The number of Topliss-reactive ketones (excluding diaryl/α,β-unsaturated/α-hetero) is 1. The van der Waals surface area contributed by atoms with Gasteiger partial charge in [0.15, 0.2) is 17.4 Å². The summed E-state index contributed by atoms with van der Waals surface area (Å²) in [6.45, 7) is 21.7. The Morgan fingerprint density at radius 2 is 0.987 bits per heavy atom. The number of nitrogens with zero attached hydrogens (tertiary/aromatic N) is 13. The molecular weight excluding hydrogens is 1000 g/mol. The van der Waals surface area contributed by atoms with Crippen LogP contribution in [0.25, 0.3) is 44.3 Å². The molecule has 0 radical (unpaired) electrons. The first kappa shape index (κ1) is 55.4. The van der Waals surface area contributed by atoms with Crippen LogP contribution < -0.4 is 15.1 Å². The van der Waals surface area contributed by atoms with Crippen LogP contribution in [0.5, 0.6) is 0 Å². The highest BCUT2D eigenvalue weighted by Gasteiger charge is 2.29. The van der Waals surface area contributed by atoms with Gasteiger partial charge in [-0.05, 0) is 89.1 Å². The van der Waals surface area contributed by atoms with Crippen LogP contribution in [-0.2, 0) is 27.1 Å². The second-order valence-electron chi connectivity index (χ2n) is 20.3. The number of imidazole rings is 2. The van der Waals surface area contributed by atoms with Crippen molar-refractivity contribution in [1.29, 1.82) is 0 Å². The van der Waals surface area contributed by atoms with E-state index in [4.69, 9.17) is 4.74 Å². The van der Waals surface area contributed by atoms with Gasteiger partial charge in [0, 0.05) is 87.0 Å². The fraction of sp³-hybridized carbons (Fsp3) is 0.421. The Balaban J connectivity index is 0.000000173. The predicted octanol–water partition coefficient (Wildman–Crippen LogP) is 8.45. The summed E-state index contributed by atoms with van der Waals surface area (Å²) in [5, 5.41) is 3.32. The van der Waals surface area contributed by atoms with Crippen molar-refractivity contribution < 1.29 is 31.8 Å². The minimum Gasteiger partial charge on any atom is -0.378 e. The first-order valence-electron chi connectivity index (χ1n) is 26.1. The zero-order valence-electron chi connectivity index (χ0n) is 44.1. The summed E-state index contributed by atoms with van der Waals surface area (Å²) in [6.07, 6.45) is 10.4. The summed E-state index contributed by atoms with van der Waals surface area (Å²) in [5.74, 6) is 0.880. The second kappa shape index (κ2) is 24.1. The van der Waals surface area contributed by atoms with E-state index in [1.54, 1.807) is 24.3 Å². The number of aryl methyl sites for hydroxylation is 2. The number of piperazine rings is 2. The molecule has 4 fully saturated rings. The number of ether oxygens (including phenoxy) is 2. The van der Waals surface area contributed by atoms with Crippen LogP contribution in [0.3, 0.4) is 0 Å². The lowest BCUT2D eigenvalue weighted by Crippen LogP contribution is -2.56. The van der Waals surface area contributed by atoms with E-state index in [0.29, 0.717) is 88.3 Å². The summed E-state index contributed by atoms with van der Waals surface area (Å²) in [4.78, 5) is 52.1. The highest BCUT2D eigenvalue weighted by Crippen LogP contribution is 2.33. The number of fused-ring (bicyclic) bond motifs is 2. The maximum Gasteiger partial charge on any atom is 0.184 e. The van der Waals surface area contributed by atoms with Gasteiger partial charge < -0.3 is 33.7 Å². The summed E-state index contributed by atoms with van der Waals surface area (Å²) >= 11 is 0. The van der Waals surface area contributed by atoms with E-state index >= 15 is 0 Å². The molecule has 410 valence electrons. The highest BCUT2D eigenvalue weighted by molar-refractivity contribution is 5.85. The minimum atomic E-state index is -0.510. The number of aromatic nitrogens is 10. The molecular formula is C57H66F4N14O3. The van der Waals surface area contributed by atoms with Crippen molar-refractivity contribution in [1.82, 2.24) is 59.2 Å². The molecule has 4 aliphatic heterocycles. The van der Waals surface area contributed by atoms with E-state index in [1.165, 1.54) is 24.5 Å². The number of ketones is 1. The maximum atomic E-state index is 15.0. The zero-order chi connectivity index (χ0) is 53.9. The molecule has 0 bridgehead atoms. The summed E-state index contributed by atoms with van der Waals surface area (Å²) in [7, 11) is 0. The number of nitrogens with one attached hydrogen (secondary N) is 1. The molecule has 0 saturated carbocycles. The predicted molar refractivity (Wildman–Crippen MR) is 292 cm³/mol. The van der Waals surface area contributed by atoms with Gasteiger partial charge in [0.25, 0.3) is 0 Å². The number of anilines is 2. The third-order valence-corrected chi connectivity index (χ3v) is 14.2. The number of carbonyl (C=O) groups excluding carboxylic acids is 1. The molecule has 21 heteroatoms. The van der Waals surface area contributed by atoms with Crippen LogP contribution >= 0.6 is 0 Å². The van der Waals surface area contributed by atoms with E-state index in [1.807, 2.05) is 75.5 Å². The van der Waals surface area contributed by atoms with E-state index in [0.717, 1.165) is 88.6 Å². The smallest absolute Gasteiger partial charge is 0.184 e. The molecule has 10 heterocycles. The lowest BCUT2D eigenvalue weighted by Gasteiger charge is -2.43. The Labute approximate surface area is 451 Å². The van der Waals surface area contributed by atoms with E-state index in [-0.39, 0.29) is 36.4 Å². The Kier molecular flexibility index (Phi) is 17.2. The molecule has 0 aliphatic carbocycles. The van der Waals surface area contributed by atoms with Crippen LogP contribution in [0, 0.1) is 37.1 Å². The molecule has 2 aromatic carbocycles. The van der Waals surface area contributed by atoms with Crippen molar-refractivity contribution in [2.24, 2.45) is 0 Å². The van der Waals surface area contributed by atoms with Gasteiger partial charge in [0.1, 0.15) is 59.2 Å². The Hall–Kier alpha value is -7.33. The monoisotopic (exact) mass is 1070 g/mol. The third kappa shape index (κ3) is 12.2. The molecule has 17 nitrogen and oxygen atoms in total. The van der Waals surface area contributed by atoms with E-state index < -0.39 is 23.3 Å². The van der Waals surface area contributed by atoms with Crippen molar-refractivity contribution in [2.45, 2.75) is 79.9 Å². The maximum absolute atomic E-state index is 15.0. The van der Waals surface area contributed by atoms with E-state index in [9.17, 15) is 22.4 Å². The van der Waals surface area contributed by atoms with Crippen LogP contribution in [0.1, 0.15) is 81.9 Å². The molecule has 0 amide bonds. The fourth-order valence-electron chi connectivity index (χ4n) is 10.2. The molecule has 0 spiro atoms. The number of halogens is 4. The summed E-state index contributed by atoms with van der Waals surface area (Å²) in [6, 6.07) is 10.3. The number of hydrogen-bond acceptors (Lipinski definition) is 15. The average Bonchev–Trinajstić information content (AvgIpc) is 4.10. The first-order chi connectivity index (χ1) is 37.2. The average molecular weight is 1070 g/mol. The number of benzene rings is 2. The van der Waals surface area contributed by atoms with Gasteiger partial charge in [-0.3, -0.25) is 19.7 Å². The first-order valence-corrected chi connectivity index (χ1v) is 26.1. The van der Waals surface area contributed by atoms with Crippen LogP contribution in [-0.4, -0.2) is 145 Å². The molecule has 8 aromatic rings. The molecule has 0 atom stereocenters. The van der Waals surface area contributed by atoms with Crippen molar-refractivity contribution in [3.63, 3.8) is 0 Å². The Bertz CT molecular complexity index is 3380. The SMILES string of the molecule is C.Cc1nc2c(F)cc(-c3cc(Cc4ncc(N5CCN(C6COC6)CC5)cn4)ncc3F)cc2n1C(C)C.Cc1nc2c(F)cc(-c3cc(Cc4ncc(N5CCNCC5)cn4)ncc3F)cc2n1C(C)C.O=C1COC1. The lowest BCUT2D eigenvalue weighted by atomic mass is 10.0. The van der Waals surface area contributed by atoms with Crippen molar-refractivity contribution in [3.8, 4) is 22.3 Å². The largest absolute Gasteiger partial charge is 0.378 e. The number of pyridine rings is 2. The second-order valence-corrected chi connectivity index (χ2v) is 20.3. The standard InChI is InChI=1S/C28H31F2N7O.C25H27F2N7.C3H4O2.CH4/c1-17(2)37-18(3)34-28-24(29)8-19(9-26(28)37)23-10-20(31-14-25(23)30)11-27-32-12-21(13-33-27)35-4-6-36(7-5-35)22-15-38-16-22;1-15(2)34-16(3)32-25-21(26)8-17(9-23(25)34)20-10-18(29-14-22(20)27)11-24-30-12-19(13-31-24)33-6-4-28-5-7-33;4-3-1-5-2-3;/h8-10,12-14,17,22H,4-7,11,15-16H2,1-3H3;8-10,12-15,28H,4-7,11H2,1-3H3;1-2H2;1H4. The normalized spacial score (nSPS) is 15.9. The lowest BCUT2D eigenvalue weighted by molar-refractivity contribution is -0.140. The highest BCUT2D eigenvalue weighted by atomic mass is 19.1. The quantitative estimate of drug-likeness (QED) is 0.122. The van der Waals surface area contributed by atoms with Crippen molar-refractivity contribution >= 4 is 39.2 Å². The molecule has 1 N–H and O–H groups in total. The molecule has 12 rings (SSSR count). The van der Waals surface area contributed by atoms with Crippen molar-refractivity contribution in [2.75, 3.05) is 88.6 Å². The Morgan fingerprint density at radius 1 is 0.564 bits per heavy atom. The van der Waals surface area contributed by atoms with Gasteiger partial charge in [0.05, 0.1) is 91.7 Å². The van der Waals surface area contributed by atoms with Crippen molar-refractivity contribution in [3.05, 3.63) is 132 Å². The van der Waals surface area contributed by atoms with E-state index in [2.05, 4.69) is 64.6 Å². The van der Waals surface area contributed by atoms with Gasteiger partial charge in [-0.1, -0.05) is 7.43 Å². The molecule has 78 heavy (non-hydrogen) atoms. The van der Waals surface area contributed by atoms with Gasteiger partial charge >= 0.3 is 0 Å². The third-order valence-electron chi connectivity index (χ3n) is 14.2. The minimum absolute atomic E-state index is 0. The van der Waals surface area contributed by atoms with Gasteiger partial charge in [-0.25, -0.2) is 47.5 Å². The molecule has 4 saturated heterocycles. The van der Waals surface area contributed by atoms with Crippen LogP contribution in [0.2, 0.25) is 0 Å². The summed E-state index contributed by atoms with van der Waals surface area (Å²) < 4.78 is 73.3. The molecule has 6 aromatic heterocycles. The van der Waals surface area contributed by atoms with Gasteiger partial charge in [-0.15, -0.1) is 0 Å².